The van der Waals surface area contributed by atoms with Crippen LogP contribution < -0.4 is 16.5 Å². The minimum absolute atomic E-state index is 0.170. The van der Waals surface area contributed by atoms with E-state index < -0.39 is 0 Å². The lowest BCUT2D eigenvalue weighted by Gasteiger charge is -2.14. The first-order chi connectivity index (χ1) is 10.6. The molecular weight excluding hydrogens is 360 g/mol. The summed E-state index contributed by atoms with van der Waals surface area (Å²) in [6.07, 6.45) is 0.774. The number of nitrogens with zero attached hydrogens (tertiary/aromatic N) is 1. The number of thiocarbonyl (C=S) groups is 1. The Balaban J connectivity index is 1.91. The molecule has 0 amide bonds. The second-order valence-corrected chi connectivity index (χ2v) is 6.39. The Morgan fingerprint density at radius 1 is 1.23 bits per heavy atom. The fourth-order valence-electron chi connectivity index (χ4n) is 2.59. The molecule has 6 heteroatoms. The van der Waals surface area contributed by atoms with Crippen molar-refractivity contribution in [1.29, 1.82) is 0 Å². The van der Waals surface area contributed by atoms with Crippen LogP contribution in [0.2, 0.25) is 0 Å². The number of benzene rings is 2. The van der Waals surface area contributed by atoms with E-state index in [0.29, 0.717) is 0 Å². The number of anilines is 1. The lowest BCUT2D eigenvalue weighted by molar-refractivity contribution is 0.847. The summed E-state index contributed by atoms with van der Waals surface area (Å²) in [5, 5.41) is 8.05. The number of rotatable bonds is 3. The van der Waals surface area contributed by atoms with Crippen LogP contribution >= 0.6 is 28.1 Å². The second kappa shape index (κ2) is 6.46. The van der Waals surface area contributed by atoms with Gasteiger partial charge in [-0.05, 0) is 42.0 Å². The Bertz CT molecular complexity index is 730. The highest BCUT2D eigenvalue weighted by molar-refractivity contribution is 9.10. The van der Waals surface area contributed by atoms with E-state index in [1.54, 1.807) is 0 Å². The lowest BCUT2D eigenvalue weighted by atomic mass is 10.1. The molecule has 22 heavy (non-hydrogen) atoms. The molecule has 0 aliphatic heterocycles. The maximum absolute atomic E-state index is 5.47. The second-order valence-electron chi connectivity index (χ2n) is 5.03. The van der Waals surface area contributed by atoms with Crippen LogP contribution in [-0.2, 0) is 0 Å². The number of hydrogen-bond donors (Lipinski definition) is 3. The van der Waals surface area contributed by atoms with Crippen LogP contribution in [-0.4, -0.2) is 10.8 Å². The van der Waals surface area contributed by atoms with Crippen LogP contribution in [0.1, 0.15) is 23.6 Å². The third-order valence-electron chi connectivity index (χ3n) is 3.51. The fourth-order valence-corrected chi connectivity index (χ4v) is 3.00. The van der Waals surface area contributed by atoms with Crippen molar-refractivity contribution in [3.63, 3.8) is 0 Å². The maximum Gasteiger partial charge on any atom is 0.184 e. The minimum Gasteiger partial charge on any atom is -0.378 e. The third-order valence-corrected chi connectivity index (χ3v) is 4.10. The molecule has 1 atom stereocenters. The summed E-state index contributed by atoms with van der Waals surface area (Å²) in [5.41, 5.74) is 12.5. The summed E-state index contributed by atoms with van der Waals surface area (Å²) < 4.78 is 1.02. The van der Waals surface area contributed by atoms with Gasteiger partial charge < -0.3 is 11.1 Å². The van der Waals surface area contributed by atoms with Gasteiger partial charge in [-0.1, -0.05) is 40.2 Å². The van der Waals surface area contributed by atoms with Gasteiger partial charge in [0.25, 0.3) is 0 Å². The molecule has 112 valence electrons. The molecule has 1 aliphatic carbocycles. The first kappa shape index (κ1) is 15.0. The number of nitrogens with two attached hydrogens (primary N) is 1. The monoisotopic (exact) mass is 374 g/mol. The number of hydrogen-bond acceptors (Lipinski definition) is 3. The van der Waals surface area contributed by atoms with Crippen molar-refractivity contribution in [2.24, 2.45) is 10.8 Å². The molecule has 3 rings (SSSR count). The van der Waals surface area contributed by atoms with Gasteiger partial charge in [0.15, 0.2) is 5.11 Å². The van der Waals surface area contributed by atoms with E-state index in [0.717, 1.165) is 27.9 Å². The molecule has 0 bridgehead atoms. The van der Waals surface area contributed by atoms with E-state index in [1.165, 1.54) is 5.56 Å². The number of nitrogens with one attached hydrogen (secondary N) is 2. The van der Waals surface area contributed by atoms with Crippen LogP contribution in [0.5, 0.6) is 0 Å². The normalized spacial score (nSPS) is 18.0. The molecule has 2 aromatic carbocycles. The quantitative estimate of drug-likeness (QED) is 0.567. The average molecular weight is 375 g/mol. The summed E-state index contributed by atoms with van der Waals surface area (Å²) in [5.74, 6) is 0. The van der Waals surface area contributed by atoms with Gasteiger partial charge in [0.05, 0.1) is 11.8 Å². The molecule has 4 nitrogen and oxygen atoms in total. The van der Waals surface area contributed by atoms with Crippen molar-refractivity contribution < 1.29 is 0 Å². The molecule has 0 fully saturated rings. The van der Waals surface area contributed by atoms with E-state index in [1.807, 2.05) is 24.3 Å². The minimum atomic E-state index is 0.170. The van der Waals surface area contributed by atoms with Crippen LogP contribution in [0.15, 0.2) is 58.1 Å². The van der Waals surface area contributed by atoms with E-state index in [4.69, 9.17) is 18.0 Å². The highest BCUT2D eigenvalue weighted by atomic mass is 79.9. The maximum atomic E-state index is 5.47. The smallest absolute Gasteiger partial charge is 0.184 e. The standard InChI is InChI=1S/C16H15BrN4S/c17-10-6-7-12-13(8-10)15(20-21-16(18)22)9-14(12)19-11-4-2-1-3-5-11/h1-8,14,19H,9H2,(H3,18,21,22)/b20-15+. The summed E-state index contributed by atoms with van der Waals surface area (Å²) in [6, 6.07) is 16.6. The third kappa shape index (κ3) is 3.28. The molecule has 4 N–H and O–H groups in total. The van der Waals surface area contributed by atoms with Crippen LogP contribution in [0, 0.1) is 0 Å². The van der Waals surface area contributed by atoms with Crippen LogP contribution in [0.4, 0.5) is 5.69 Å². The van der Waals surface area contributed by atoms with E-state index in [-0.39, 0.29) is 11.2 Å². The van der Waals surface area contributed by atoms with E-state index in [2.05, 4.69) is 56.0 Å². The Kier molecular flexibility index (Phi) is 4.40. The summed E-state index contributed by atoms with van der Waals surface area (Å²) >= 11 is 8.34. The molecule has 0 aromatic heterocycles. The van der Waals surface area contributed by atoms with Gasteiger partial charge in [-0.3, -0.25) is 5.43 Å². The Labute approximate surface area is 142 Å². The van der Waals surface area contributed by atoms with E-state index in [9.17, 15) is 0 Å². The number of fused-ring (bicyclic) bond motifs is 1. The predicted molar refractivity (Wildman–Crippen MR) is 98.0 cm³/mol. The van der Waals surface area contributed by atoms with Crippen molar-refractivity contribution in [2.75, 3.05) is 5.32 Å². The average Bonchev–Trinajstić information content (AvgIpc) is 2.83. The van der Waals surface area contributed by atoms with Crippen molar-refractivity contribution in [2.45, 2.75) is 12.5 Å². The highest BCUT2D eigenvalue weighted by Gasteiger charge is 2.28. The van der Waals surface area contributed by atoms with Gasteiger partial charge in [0.1, 0.15) is 0 Å². The number of halogens is 1. The zero-order chi connectivity index (χ0) is 15.5. The first-order valence-corrected chi connectivity index (χ1v) is 8.07. The largest absolute Gasteiger partial charge is 0.378 e. The molecule has 2 aromatic rings. The molecule has 0 heterocycles. The molecule has 0 saturated carbocycles. The van der Waals surface area contributed by atoms with Gasteiger partial charge in [-0.2, -0.15) is 5.10 Å². The van der Waals surface area contributed by atoms with Gasteiger partial charge in [0, 0.05) is 22.1 Å². The zero-order valence-electron chi connectivity index (χ0n) is 11.7. The van der Waals surface area contributed by atoms with Crippen LogP contribution in [0.25, 0.3) is 0 Å². The van der Waals surface area contributed by atoms with Crippen molar-refractivity contribution in [1.82, 2.24) is 5.43 Å². The summed E-state index contributed by atoms with van der Waals surface area (Å²) in [7, 11) is 0. The van der Waals surface area contributed by atoms with Crippen molar-refractivity contribution in [3.8, 4) is 0 Å². The number of hydrazone groups is 1. The Morgan fingerprint density at radius 2 is 2.00 bits per heavy atom. The predicted octanol–water partition coefficient (Wildman–Crippen LogP) is 3.54. The van der Waals surface area contributed by atoms with Crippen molar-refractivity contribution >= 4 is 44.7 Å². The summed E-state index contributed by atoms with van der Waals surface area (Å²) in [4.78, 5) is 0. The van der Waals surface area contributed by atoms with E-state index >= 15 is 0 Å². The molecule has 1 unspecified atom stereocenters. The topological polar surface area (TPSA) is 62.4 Å². The van der Waals surface area contributed by atoms with Gasteiger partial charge in [0.2, 0.25) is 0 Å². The Morgan fingerprint density at radius 3 is 2.73 bits per heavy atom. The van der Waals surface area contributed by atoms with Crippen molar-refractivity contribution in [3.05, 3.63) is 64.1 Å². The molecule has 1 aliphatic rings. The first-order valence-electron chi connectivity index (χ1n) is 6.87. The molecule has 0 radical (unpaired) electrons. The van der Waals surface area contributed by atoms with Gasteiger partial charge >= 0.3 is 0 Å². The highest BCUT2D eigenvalue weighted by Crippen LogP contribution is 2.35. The fraction of sp³-hybridized carbons (Fsp3) is 0.125. The molecule has 0 saturated heterocycles. The SMILES string of the molecule is NC(=S)N/N=C1\CC(Nc2ccccc2)c2ccc(Br)cc21. The van der Waals surface area contributed by atoms with Gasteiger partial charge in [-0.25, -0.2) is 0 Å². The molecular formula is C16H15BrN4S. The Hall–Kier alpha value is -1.92. The summed E-state index contributed by atoms with van der Waals surface area (Å²) in [6.45, 7) is 0. The lowest BCUT2D eigenvalue weighted by Crippen LogP contribution is -2.25. The van der Waals surface area contributed by atoms with Gasteiger partial charge in [-0.15, -0.1) is 0 Å². The molecule has 0 spiro atoms. The number of para-hydroxylation sites is 1. The van der Waals surface area contributed by atoms with Crippen LogP contribution in [0.3, 0.4) is 0 Å². The zero-order valence-corrected chi connectivity index (χ0v) is 14.1.